The number of hydrogen-bond acceptors (Lipinski definition) is 5. The Kier molecular flexibility index (Phi) is 5.49. The van der Waals surface area contributed by atoms with Crippen LogP contribution in [-0.4, -0.2) is 54.6 Å². The molecular formula is C18H29N5. The average molecular weight is 315 g/mol. The van der Waals surface area contributed by atoms with E-state index in [0.717, 1.165) is 56.6 Å². The van der Waals surface area contributed by atoms with Gasteiger partial charge in [-0.3, -0.25) is 0 Å². The molecule has 2 aliphatic rings. The summed E-state index contributed by atoms with van der Waals surface area (Å²) in [7, 11) is 2.18. The average Bonchev–Trinajstić information content (AvgIpc) is 2.56. The lowest BCUT2D eigenvalue weighted by molar-refractivity contribution is 0.312. The summed E-state index contributed by atoms with van der Waals surface area (Å²) >= 11 is 0. The quantitative estimate of drug-likeness (QED) is 0.847. The zero-order chi connectivity index (χ0) is 16.1. The fourth-order valence-electron chi connectivity index (χ4n) is 3.30. The second-order valence-electron chi connectivity index (χ2n) is 6.77. The van der Waals surface area contributed by atoms with Crippen molar-refractivity contribution in [2.24, 2.45) is 0 Å². The largest absolute Gasteiger partial charge is 0.354 e. The van der Waals surface area contributed by atoms with Crippen molar-refractivity contribution in [1.82, 2.24) is 14.9 Å². The minimum Gasteiger partial charge on any atom is -0.354 e. The molecule has 0 unspecified atom stereocenters. The Morgan fingerprint density at radius 3 is 2.70 bits per heavy atom. The molecular weight excluding hydrogens is 286 g/mol. The standard InChI is InChI=1S/C18H29N5/c1-15-14-17(23-12-10-22(2)11-13-23)21-18(20-15)19-9-8-16-6-4-3-5-7-16/h6,14H,3-5,7-13H2,1-2H3,(H,19,20,21). The summed E-state index contributed by atoms with van der Waals surface area (Å²) < 4.78 is 0. The normalized spacial score (nSPS) is 19.6. The molecule has 0 amide bonds. The molecule has 3 rings (SSSR count). The van der Waals surface area contributed by atoms with Crippen molar-refractivity contribution in [1.29, 1.82) is 0 Å². The Balaban J connectivity index is 1.57. The first-order chi connectivity index (χ1) is 11.2. The number of piperazine rings is 1. The predicted octanol–water partition coefficient (Wildman–Crippen LogP) is 2.84. The van der Waals surface area contributed by atoms with Gasteiger partial charge in [-0.15, -0.1) is 0 Å². The Morgan fingerprint density at radius 1 is 1.13 bits per heavy atom. The number of anilines is 2. The van der Waals surface area contributed by atoms with E-state index in [0.29, 0.717) is 0 Å². The molecule has 1 N–H and O–H groups in total. The first-order valence-corrected chi connectivity index (χ1v) is 8.92. The number of aromatic nitrogens is 2. The van der Waals surface area contributed by atoms with Crippen LogP contribution >= 0.6 is 0 Å². The SMILES string of the molecule is Cc1cc(N2CCN(C)CC2)nc(NCCC2=CCCCC2)n1. The lowest BCUT2D eigenvalue weighted by Gasteiger charge is -2.33. The van der Waals surface area contributed by atoms with Crippen LogP contribution in [0, 0.1) is 6.92 Å². The van der Waals surface area contributed by atoms with E-state index in [1.54, 1.807) is 5.57 Å². The van der Waals surface area contributed by atoms with Crippen LogP contribution in [0.5, 0.6) is 0 Å². The van der Waals surface area contributed by atoms with Crippen molar-refractivity contribution >= 4 is 11.8 Å². The Labute approximate surface area is 139 Å². The third-order valence-corrected chi connectivity index (χ3v) is 4.78. The van der Waals surface area contributed by atoms with Gasteiger partial charge in [-0.25, -0.2) is 4.98 Å². The van der Waals surface area contributed by atoms with Crippen LogP contribution in [0.25, 0.3) is 0 Å². The molecule has 1 aromatic rings. The van der Waals surface area contributed by atoms with Gasteiger partial charge in [-0.1, -0.05) is 11.6 Å². The van der Waals surface area contributed by atoms with Gasteiger partial charge in [-0.05, 0) is 46.1 Å². The molecule has 1 aromatic heterocycles. The highest BCUT2D eigenvalue weighted by atomic mass is 15.3. The molecule has 1 saturated heterocycles. The van der Waals surface area contributed by atoms with Crippen LogP contribution in [0.3, 0.4) is 0 Å². The smallest absolute Gasteiger partial charge is 0.224 e. The summed E-state index contributed by atoms with van der Waals surface area (Å²) in [6.07, 6.45) is 8.75. The summed E-state index contributed by atoms with van der Waals surface area (Å²) in [5, 5.41) is 3.42. The summed E-state index contributed by atoms with van der Waals surface area (Å²) in [5.41, 5.74) is 2.63. The third-order valence-electron chi connectivity index (χ3n) is 4.78. The van der Waals surface area contributed by atoms with E-state index in [1.165, 1.54) is 25.7 Å². The van der Waals surface area contributed by atoms with Crippen LogP contribution < -0.4 is 10.2 Å². The van der Waals surface area contributed by atoms with Gasteiger partial charge in [0.1, 0.15) is 5.82 Å². The molecule has 0 saturated carbocycles. The van der Waals surface area contributed by atoms with Gasteiger partial charge in [-0.2, -0.15) is 4.98 Å². The van der Waals surface area contributed by atoms with Crippen LogP contribution in [0.4, 0.5) is 11.8 Å². The Hall–Kier alpha value is -1.62. The third kappa shape index (κ3) is 4.67. The van der Waals surface area contributed by atoms with Gasteiger partial charge in [0.15, 0.2) is 0 Å². The molecule has 0 bridgehead atoms. The van der Waals surface area contributed by atoms with Crippen LogP contribution in [0.2, 0.25) is 0 Å². The molecule has 5 heteroatoms. The van der Waals surface area contributed by atoms with E-state index in [-0.39, 0.29) is 0 Å². The van der Waals surface area contributed by atoms with Gasteiger partial charge >= 0.3 is 0 Å². The molecule has 0 atom stereocenters. The number of aryl methyl sites for hydroxylation is 1. The van der Waals surface area contributed by atoms with Gasteiger partial charge in [0.05, 0.1) is 0 Å². The lowest BCUT2D eigenvalue weighted by Crippen LogP contribution is -2.44. The molecule has 0 radical (unpaired) electrons. The summed E-state index contributed by atoms with van der Waals surface area (Å²) in [6, 6.07) is 2.10. The minimum atomic E-state index is 0.773. The highest BCUT2D eigenvalue weighted by molar-refractivity contribution is 5.45. The monoisotopic (exact) mass is 315 g/mol. The van der Waals surface area contributed by atoms with Crippen molar-refractivity contribution in [3.63, 3.8) is 0 Å². The summed E-state index contributed by atoms with van der Waals surface area (Å²) in [5.74, 6) is 1.83. The maximum absolute atomic E-state index is 4.73. The van der Waals surface area contributed by atoms with E-state index in [4.69, 9.17) is 4.98 Å². The number of nitrogens with one attached hydrogen (secondary N) is 1. The van der Waals surface area contributed by atoms with E-state index in [2.05, 4.69) is 46.2 Å². The second kappa shape index (κ2) is 7.77. The maximum atomic E-state index is 4.73. The van der Waals surface area contributed by atoms with Gasteiger partial charge < -0.3 is 15.1 Å². The van der Waals surface area contributed by atoms with Crippen molar-refractivity contribution < 1.29 is 0 Å². The number of rotatable bonds is 5. The zero-order valence-electron chi connectivity index (χ0n) is 14.5. The second-order valence-corrected chi connectivity index (χ2v) is 6.77. The Morgan fingerprint density at radius 2 is 1.96 bits per heavy atom. The lowest BCUT2D eigenvalue weighted by atomic mass is 9.97. The number of nitrogens with zero attached hydrogens (tertiary/aromatic N) is 4. The minimum absolute atomic E-state index is 0.773. The van der Waals surface area contributed by atoms with Crippen molar-refractivity contribution in [2.45, 2.75) is 39.0 Å². The van der Waals surface area contributed by atoms with E-state index in [1.807, 2.05) is 0 Å². The van der Waals surface area contributed by atoms with Crippen molar-refractivity contribution in [3.05, 3.63) is 23.4 Å². The molecule has 1 aliphatic carbocycles. The molecule has 5 nitrogen and oxygen atoms in total. The van der Waals surface area contributed by atoms with Gasteiger partial charge in [0, 0.05) is 44.5 Å². The van der Waals surface area contributed by atoms with Crippen molar-refractivity contribution in [3.8, 4) is 0 Å². The molecule has 0 spiro atoms. The molecule has 126 valence electrons. The maximum Gasteiger partial charge on any atom is 0.224 e. The molecule has 23 heavy (non-hydrogen) atoms. The van der Waals surface area contributed by atoms with Gasteiger partial charge in [0.25, 0.3) is 0 Å². The highest BCUT2D eigenvalue weighted by Gasteiger charge is 2.16. The van der Waals surface area contributed by atoms with E-state index < -0.39 is 0 Å². The first-order valence-electron chi connectivity index (χ1n) is 8.92. The number of allylic oxidation sites excluding steroid dienone is 1. The fourth-order valence-corrected chi connectivity index (χ4v) is 3.30. The van der Waals surface area contributed by atoms with Crippen molar-refractivity contribution in [2.75, 3.05) is 50.0 Å². The first kappa shape index (κ1) is 16.2. The molecule has 1 fully saturated rings. The van der Waals surface area contributed by atoms with Gasteiger partial charge in [0.2, 0.25) is 5.95 Å². The Bertz CT molecular complexity index is 546. The van der Waals surface area contributed by atoms with E-state index >= 15 is 0 Å². The van der Waals surface area contributed by atoms with Crippen LogP contribution in [0.1, 0.15) is 37.8 Å². The van der Waals surface area contributed by atoms with Crippen LogP contribution in [0.15, 0.2) is 17.7 Å². The molecule has 1 aliphatic heterocycles. The molecule has 2 heterocycles. The predicted molar refractivity (Wildman–Crippen MR) is 96.1 cm³/mol. The number of likely N-dealkylation sites (N-methyl/N-ethyl adjacent to an activating group) is 1. The van der Waals surface area contributed by atoms with Crippen LogP contribution in [-0.2, 0) is 0 Å². The number of hydrogen-bond donors (Lipinski definition) is 1. The highest BCUT2D eigenvalue weighted by Crippen LogP contribution is 2.20. The fraction of sp³-hybridized carbons (Fsp3) is 0.667. The van der Waals surface area contributed by atoms with E-state index in [9.17, 15) is 0 Å². The zero-order valence-corrected chi connectivity index (χ0v) is 14.5. The topological polar surface area (TPSA) is 44.3 Å². The molecule has 0 aromatic carbocycles. The summed E-state index contributed by atoms with van der Waals surface area (Å²) in [6.45, 7) is 7.26. The summed E-state index contributed by atoms with van der Waals surface area (Å²) in [4.78, 5) is 14.0.